The van der Waals surface area contributed by atoms with Gasteiger partial charge in [0.05, 0.1) is 10.6 Å². The van der Waals surface area contributed by atoms with E-state index in [0.717, 1.165) is 10.4 Å². The van der Waals surface area contributed by atoms with Gasteiger partial charge in [-0.25, -0.2) is 0 Å². The third kappa shape index (κ3) is 1.60. The molecule has 2 heterocycles. The Kier molecular flexibility index (Phi) is 2.58. The first-order valence-corrected chi connectivity index (χ1v) is 7.12. The Bertz CT molecular complexity index is 742. The second-order valence-corrected chi connectivity index (χ2v) is 6.16. The largest absolute Gasteiger partial charge is 0.397 e. The van der Waals surface area contributed by atoms with Gasteiger partial charge in [0, 0.05) is 9.58 Å². The standard InChI is InChI=1S/C14H10N2S2/c1-8-13(16)12(7-15)18-14(8)11-6-9-4-2-3-5-10(9)17-11/h2-6H,16H2,1H3. The van der Waals surface area contributed by atoms with Crippen molar-refractivity contribution in [2.24, 2.45) is 0 Å². The predicted molar refractivity (Wildman–Crippen MR) is 79.0 cm³/mol. The molecule has 0 saturated carbocycles. The van der Waals surface area contributed by atoms with E-state index in [4.69, 9.17) is 11.0 Å². The fourth-order valence-electron chi connectivity index (χ4n) is 1.94. The van der Waals surface area contributed by atoms with Crippen LogP contribution in [0.1, 0.15) is 10.4 Å². The second-order valence-electron chi connectivity index (χ2n) is 4.06. The Hall–Kier alpha value is -1.83. The first-order chi connectivity index (χ1) is 8.70. The van der Waals surface area contributed by atoms with Gasteiger partial charge in [-0.1, -0.05) is 18.2 Å². The Morgan fingerprint density at radius 1 is 1.22 bits per heavy atom. The molecule has 18 heavy (non-hydrogen) atoms. The average molecular weight is 270 g/mol. The molecule has 0 unspecified atom stereocenters. The van der Waals surface area contributed by atoms with Crippen LogP contribution in [0.3, 0.4) is 0 Å². The van der Waals surface area contributed by atoms with Crippen LogP contribution in [0.15, 0.2) is 30.3 Å². The molecule has 0 aliphatic heterocycles. The summed E-state index contributed by atoms with van der Waals surface area (Å²) in [4.78, 5) is 2.91. The fraction of sp³-hybridized carbons (Fsp3) is 0.0714. The number of nitrogens with two attached hydrogens (primary N) is 1. The molecule has 0 radical (unpaired) electrons. The highest BCUT2D eigenvalue weighted by Crippen LogP contribution is 2.42. The van der Waals surface area contributed by atoms with Gasteiger partial charge in [-0.15, -0.1) is 22.7 Å². The molecule has 88 valence electrons. The molecule has 0 fully saturated rings. The van der Waals surface area contributed by atoms with Crippen molar-refractivity contribution in [1.82, 2.24) is 0 Å². The third-order valence-corrected chi connectivity index (χ3v) is 5.45. The molecule has 0 atom stereocenters. The predicted octanol–water partition coefficient (Wildman–Crippen LogP) is 4.39. The highest BCUT2D eigenvalue weighted by molar-refractivity contribution is 7.26. The van der Waals surface area contributed by atoms with Gasteiger partial charge in [-0.3, -0.25) is 0 Å². The van der Waals surface area contributed by atoms with Crippen LogP contribution in [0.2, 0.25) is 0 Å². The topological polar surface area (TPSA) is 49.8 Å². The summed E-state index contributed by atoms with van der Waals surface area (Å²) in [5.41, 5.74) is 7.58. The van der Waals surface area contributed by atoms with E-state index in [1.54, 1.807) is 11.3 Å². The van der Waals surface area contributed by atoms with E-state index in [1.807, 2.05) is 19.1 Å². The summed E-state index contributed by atoms with van der Waals surface area (Å²) in [7, 11) is 0. The van der Waals surface area contributed by atoms with Crippen molar-refractivity contribution in [3.63, 3.8) is 0 Å². The smallest absolute Gasteiger partial charge is 0.128 e. The molecule has 2 N–H and O–H groups in total. The molecule has 0 amide bonds. The first kappa shape index (κ1) is 11.3. The summed E-state index contributed by atoms with van der Waals surface area (Å²) in [6.07, 6.45) is 0. The molecule has 3 aromatic rings. The Labute approximate surface area is 113 Å². The average Bonchev–Trinajstić information content (AvgIpc) is 2.92. The van der Waals surface area contributed by atoms with E-state index < -0.39 is 0 Å². The number of anilines is 1. The summed E-state index contributed by atoms with van der Waals surface area (Å²) in [6.45, 7) is 1.98. The van der Waals surface area contributed by atoms with Crippen LogP contribution in [-0.2, 0) is 0 Å². The number of rotatable bonds is 1. The van der Waals surface area contributed by atoms with Gasteiger partial charge in [-0.2, -0.15) is 5.26 Å². The van der Waals surface area contributed by atoms with Crippen molar-refractivity contribution < 1.29 is 0 Å². The van der Waals surface area contributed by atoms with Crippen molar-refractivity contribution in [2.45, 2.75) is 6.92 Å². The first-order valence-electron chi connectivity index (χ1n) is 5.48. The third-order valence-electron chi connectivity index (χ3n) is 2.94. The molecular formula is C14H10N2S2. The number of nitrogens with zero attached hydrogens (tertiary/aromatic N) is 1. The van der Waals surface area contributed by atoms with Crippen molar-refractivity contribution in [2.75, 3.05) is 5.73 Å². The summed E-state index contributed by atoms with van der Waals surface area (Å²) in [5.74, 6) is 0. The van der Waals surface area contributed by atoms with E-state index in [9.17, 15) is 0 Å². The van der Waals surface area contributed by atoms with Gasteiger partial charge in [0.1, 0.15) is 10.9 Å². The van der Waals surface area contributed by atoms with Crippen LogP contribution < -0.4 is 5.73 Å². The zero-order valence-corrected chi connectivity index (χ0v) is 11.4. The second kappa shape index (κ2) is 4.13. The maximum atomic E-state index is 9.03. The minimum atomic E-state index is 0.611. The van der Waals surface area contributed by atoms with E-state index in [1.165, 1.54) is 26.3 Å². The van der Waals surface area contributed by atoms with Crippen molar-refractivity contribution in [1.29, 1.82) is 5.26 Å². The molecule has 0 aliphatic rings. The molecule has 4 heteroatoms. The van der Waals surface area contributed by atoms with Crippen LogP contribution in [-0.4, -0.2) is 0 Å². The highest BCUT2D eigenvalue weighted by Gasteiger charge is 2.15. The van der Waals surface area contributed by atoms with Gasteiger partial charge in [-0.05, 0) is 30.0 Å². The normalized spacial score (nSPS) is 10.7. The molecular weight excluding hydrogens is 260 g/mol. The van der Waals surface area contributed by atoms with Crippen LogP contribution in [0.5, 0.6) is 0 Å². The van der Waals surface area contributed by atoms with Crippen molar-refractivity contribution in [3.8, 4) is 15.8 Å². The number of hydrogen-bond acceptors (Lipinski definition) is 4. The van der Waals surface area contributed by atoms with Gasteiger partial charge in [0.15, 0.2) is 0 Å². The Morgan fingerprint density at radius 2 is 2.00 bits per heavy atom. The number of fused-ring (bicyclic) bond motifs is 1. The van der Waals surface area contributed by atoms with Crippen LogP contribution >= 0.6 is 22.7 Å². The monoisotopic (exact) mass is 270 g/mol. The lowest BCUT2D eigenvalue weighted by Gasteiger charge is -1.94. The molecule has 0 spiro atoms. The van der Waals surface area contributed by atoms with Gasteiger partial charge in [0.25, 0.3) is 0 Å². The van der Waals surface area contributed by atoms with E-state index in [2.05, 4.69) is 24.3 Å². The number of hydrogen-bond donors (Lipinski definition) is 1. The molecule has 2 aromatic heterocycles. The number of nitriles is 1. The lowest BCUT2D eigenvalue weighted by atomic mass is 10.2. The molecule has 3 rings (SSSR count). The van der Waals surface area contributed by atoms with Crippen molar-refractivity contribution in [3.05, 3.63) is 40.8 Å². The van der Waals surface area contributed by atoms with Gasteiger partial charge >= 0.3 is 0 Å². The van der Waals surface area contributed by atoms with Crippen LogP contribution in [0, 0.1) is 18.3 Å². The molecule has 0 bridgehead atoms. The molecule has 2 nitrogen and oxygen atoms in total. The summed E-state index contributed by atoms with van der Waals surface area (Å²) in [5, 5.41) is 10.3. The van der Waals surface area contributed by atoms with Gasteiger partial charge in [0.2, 0.25) is 0 Å². The number of thiophene rings is 2. The van der Waals surface area contributed by atoms with E-state index in [0.29, 0.717) is 10.6 Å². The molecule has 0 saturated heterocycles. The maximum absolute atomic E-state index is 9.03. The highest BCUT2D eigenvalue weighted by atomic mass is 32.1. The van der Waals surface area contributed by atoms with E-state index in [-0.39, 0.29) is 0 Å². The Balaban J connectivity index is 2.23. The minimum Gasteiger partial charge on any atom is -0.397 e. The number of nitrogen functional groups attached to an aromatic ring is 1. The lowest BCUT2D eigenvalue weighted by molar-refractivity contribution is 1.50. The summed E-state index contributed by atoms with van der Waals surface area (Å²) < 4.78 is 1.26. The summed E-state index contributed by atoms with van der Waals surface area (Å²) in [6, 6.07) is 12.6. The lowest BCUT2D eigenvalue weighted by Crippen LogP contribution is -1.86. The van der Waals surface area contributed by atoms with Crippen LogP contribution in [0.4, 0.5) is 5.69 Å². The Morgan fingerprint density at radius 3 is 2.67 bits per heavy atom. The number of benzene rings is 1. The van der Waals surface area contributed by atoms with E-state index >= 15 is 0 Å². The van der Waals surface area contributed by atoms with Crippen LogP contribution in [0.25, 0.3) is 19.8 Å². The molecule has 0 aliphatic carbocycles. The zero-order chi connectivity index (χ0) is 12.7. The zero-order valence-electron chi connectivity index (χ0n) is 9.73. The quantitative estimate of drug-likeness (QED) is 0.712. The summed E-state index contributed by atoms with van der Waals surface area (Å²) >= 11 is 3.22. The maximum Gasteiger partial charge on any atom is 0.128 e. The SMILES string of the molecule is Cc1c(-c2cc3ccccc3s2)sc(C#N)c1N. The van der Waals surface area contributed by atoms with Gasteiger partial charge < -0.3 is 5.73 Å². The minimum absolute atomic E-state index is 0.611. The fourth-order valence-corrected chi connectivity index (χ4v) is 4.18. The van der Waals surface area contributed by atoms with Crippen molar-refractivity contribution >= 4 is 38.4 Å². The molecule has 1 aromatic carbocycles.